The normalized spacial score (nSPS) is 15.8. The number of aromatic nitrogens is 1. The van der Waals surface area contributed by atoms with Gasteiger partial charge in [0.05, 0.1) is 0 Å². The van der Waals surface area contributed by atoms with Gasteiger partial charge in [-0.15, -0.1) is 0 Å². The SMILES string of the molecule is Cc1ccc2c([n+]1[O-])CCCC2. The first-order chi connectivity index (χ1) is 5.79. The van der Waals surface area contributed by atoms with Crippen molar-refractivity contribution in [2.75, 3.05) is 0 Å². The molecule has 0 aromatic carbocycles. The Balaban J connectivity index is 2.54. The molecule has 0 aliphatic heterocycles. The average Bonchev–Trinajstić information content (AvgIpc) is 2.12. The third-order valence-electron chi connectivity index (χ3n) is 2.57. The highest BCUT2D eigenvalue weighted by Crippen LogP contribution is 2.17. The number of nitrogens with zero attached hydrogens (tertiary/aromatic N) is 1. The second-order valence-corrected chi connectivity index (χ2v) is 3.45. The smallest absolute Gasteiger partial charge is 0.196 e. The first-order valence-electron chi connectivity index (χ1n) is 4.50. The minimum absolute atomic E-state index is 0.815. The maximum atomic E-state index is 11.5. The molecule has 0 bridgehead atoms. The average molecular weight is 163 g/mol. The van der Waals surface area contributed by atoms with E-state index in [1.165, 1.54) is 18.4 Å². The van der Waals surface area contributed by atoms with Crippen molar-refractivity contribution in [3.05, 3.63) is 34.3 Å². The number of aryl methyl sites for hydroxylation is 2. The van der Waals surface area contributed by atoms with Gasteiger partial charge in [-0.25, -0.2) is 0 Å². The predicted octanol–water partition coefficient (Wildman–Crippen LogP) is 1.51. The van der Waals surface area contributed by atoms with Crippen molar-refractivity contribution < 1.29 is 4.73 Å². The number of hydrogen-bond acceptors (Lipinski definition) is 1. The quantitative estimate of drug-likeness (QED) is 0.420. The lowest BCUT2D eigenvalue weighted by Crippen LogP contribution is -2.37. The molecule has 0 amide bonds. The number of rotatable bonds is 0. The summed E-state index contributed by atoms with van der Waals surface area (Å²) < 4.78 is 1.09. The zero-order chi connectivity index (χ0) is 8.55. The monoisotopic (exact) mass is 163 g/mol. The lowest BCUT2D eigenvalue weighted by atomic mass is 9.96. The Hall–Kier alpha value is -1.05. The van der Waals surface area contributed by atoms with E-state index in [0.29, 0.717) is 0 Å². The molecule has 2 rings (SSSR count). The molecular formula is C10H13NO. The Bertz CT molecular complexity index is 307. The van der Waals surface area contributed by atoms with Gasteiger partial charge in [0, 0.05) is 25.0 Å². The molecule has 1 heterocycles. The minimum Gasteiger partial charge on any atom is -0.618 e. The van der Waals surface area contributed by atoms with E-state index >= 15 is 0 Å². The third kappa shape index (κ3) is 1.07. The van der Waals surface area contributed by atoms with E-state index in [2.05, 4.69) is 6.07 Å². The summed E-state index contributed by atoms with van der Waals surface area (Å²) in [7, 11) is 0. The van der Waals surface area contributed by atoms with Crippen molar-refractivity contribution in [1.82, 2.24) is 0 Å². The van der Waals surface area contributed by atoms with Gasteiger partial charge in [-0.2, -0.15) is 4.73 Å². The van der Waals surface area contributed by atoms with Crippen molar-refractivity contribution in [3.63, 3.8) is 0 Å². The highest BCUT2D eigenvalue weighted by molar-refractivity contribution is 5.20. The summed E-state index contributed by atoms with van der Waals surface area (Å²) in [5.74, 6) is 0. The Labute approximate surface area is 72.4 Å². The molecular weight excluding hydrogens is 150 g/mol. The summed E-state index contributed by atoms with van der Waals surface area (Å²) in [5, 5.41) is 11.5. The molecule has 0 N–H and O–H groups in total. The molecule has 1 aliphatic carbocycles. The van der Waals surface area contributed by atoms with Gasteiger partial charge in [-0.1, -0.05) is 0 Å². The van der Waals surface area contributed by atoms with Crippen molar-refractivity contribution in [2.45, 2.75) is 32.6 Å². The molecule has 0 saturated carbocycles. The summed E-state index contributed by atoms with van der Waals surface area (Å²) in [5.41, 5.74) is 3.07. The molecule has 0 radical (unpaired) electrons. The van der Waals surface area contributed by atoms with Gasteiger partial charge in [0.2, 0.25) is 0 Å². The van der Waals surface area contributed by atoms with Crippen LogP contribution in [0.15, 0.2) is 12.1 Å². The highest BCUT2D eigenvalue weighted by Gasteiger charge is 2.17. The van der Waals surface area contributed by atoms with E-state index in [4.69, 9.17) is 0 Å². The summed E-state index contributed by atoms with van der Waals surface area (Å²) in [6.07, 6.45) is 4.44. The molecule has 0 saturated heterocycles. The first-order valence-corrected chi connectivity index (χ1v) is 4.50. The van der Waals surface area contributed by atoms with Gasteiger partial charge >= 0.3 is 0 Å². The summed E-state index contributed by atoms with van der Waals surface area (Å²) in [6.45, 7) is 1.86. The van der Waals surface area contributed by atoms with E-state index in [0.717, 1.165) is 29.0 Å². The van der Waals surface area contributed by atoms with Crippen molar-refractivity contribution in [3.8, 4) is 0 Å². The largest absolute Gasteiger partial charge is 0.618 e. The number of hydrogen-bond donors (Lipinski definition) is 0. The number of fused-ring (bicyclic) bond motifs is 1. The zero-order valence-electron chi connectivity index (χ0n) is 7.34. The lowest BCUT2D eigenvalue weighted by molar-refractivity contribution is -0.621. The highest BCUT2D eigenvalue weighted by atomic mass is 16.5. The minimum atomic E-state index is 0.815. The van der Waals surface area contributed by atoms with Crippen LogP contribution in [0.1, 0.15) is 29.8 Å². The molecule has 64 valence electrons. The molecule has 2 nitrogen and oxygen atoms in total. The van der Waals surface area contributed by atoms with Crippen LogP contribution >= 0.6 is 0 Å². The lowest BCUT2D eigenvalue weighted by Gasteiger charge is -2.15. The molecule has 0 spiro atoms. The van der Waals surface area contributed by atoms with Gasteiger partial charge in [0.25, 0.3) is 0 Å². The Morgan fingerprint density at radius 1 is 1.25 bits per heavy atom. The van der Waals surface area contributed by atoms with E-state index in [1.807, 2.05) is 13.0 Å². The van der Waals surface area contributed by atoms with Crippen LogP contribution in [-0.2, 0) is 12.8 Å². The Kier molecular flexibility index (Phi) is 1.75. The fourth-order valence-corrected chi connectivity index (χ4v) is 1.83. The van der Waals surface area contributed by atoms with Crippen LogP contribution in [0.5, 0.6) is 0 Å². The van der Waals surface area contributed by atoms with E-state index in [-0.39, 0.29) is 0 Å². The van der Waals surface area contributed by atoms with Gasteiger partial charge in [-0.05, 0) is 25.3 Å². The summed E-state index contributed by atoms with van der Waals surface area (Å²) >= 11 is 0. The van der Waals surface area contributed by atoms with Crippen LogP contribution in [0.4, 0.5) is 0 Å². The molecule has 0 unspecified atom stereocenters. The molecule has 0 fully saturated rings. The topological polar surface area (TPSA) is 26.9 Å². The van der Waals surface area contributed by atoms with Crippen LogP contribution in [0, 0.1) is 12.1 Å². The van der Waals surface area contributed by atoms with E-state index in [9.17, 15) is 5.21 Å². The molecule has 0 atom stereocenters. The standard InChI is InChI=1S/C10H13NO/c1-8-6-7-9-4-2-3-5-10(9)11(8)12/h6-7H,2-5H2,1H3. The van der Waals surface area contributed by atoms with Crippen molar-refractivity contribution >= 4 is 0 Å². The van der Waals surface area contributed by atoms with Crippen LogP contribution in [-0.4, -0.2) is 0 Å². The number of pyridine rings is 1. The Morgan fingerprint density at radius 3 is 2.83 bits per heavy atom. The summed E-state index contributed by atoms with van der Waals surface area (Å²) in [4.78, 5) is 0. The third-order valence-corrected chi connectivity index (χ3v) is 2.57. The molecule has 1 aromatic heterocycles. The van der Waals surface area contributed by atoms with Crippen LogP contribution in [0.2, 0.25) is 0 Å². The van der Waals surface area contributed by atoms with Gasteiger partial charge in [0.1, 0.15) is 0 Å². The second-order valence-electron chi connectivity index (χ2n) is 3.45. The second kappa shape index (κ2) is 2.77. The maximum absolute atomic E-state index is 11.5. The zero-order valence-corrected chi connectivity index (χ0v) is 7.34. The van der Waals surface area contributed by atoms with Crippen LogP contribution in [0.25, 0.3) is 0 Å². The fraction of sp³-hybridized carbons (Fsp3) is 0.500. The predicted molar refractivity (Wildman–Crippen MR) is 46.8 cm³/mol. The molecule has 1 aromatic rings. The van der Waals surface area contributed by atoms with Gasteiger partial charge in [0.15, 0.2) is 11.4 Å². The van der Waals surface area contributed by atoms with Crippen LogP contribution in [0.3, 0.4) is 0 Å². The first kappa shape index (κ1) is 7.59. The molecule has 2 heteroatoms. The van der Waals surface area contributed by atoms with E-state index < -0.39 is 0 Å². The van der Waals surface area contributed by atoms with E-state index in [1.54, 1.807) is 0 Å². The van der Waals surface area contributed by atoms with Crippen molar-refractivity contribution in [2.24, 2.45) is 0 Å². The fourth-order valence-electron chi connectivity index (χ4n) is 1.83. The maximum Gasteiger partial charge on any atom is 0.196 e. The van der Waals surface area contributed by atoms with Crippen molar-refractivity contribution in [1.29, 1.82) is 0 Å². The Morgan fingerprint density at radius 2 is 2.00 bits per heavy atom. The van der Waals surface area contributed by atoms with Gasteiger partial charge in [-0.3, -0.25) is 0 Å². The molecule has 12 heavy (non-hydrogen) atoms. The van der Waals surface area contributed by atoms with Gasteiger partial charge < -0.3 is 5.21 Å². The molecule has 1 aliphatic rings. The summed E-state index contributed by atoms with van der Waals surface area (Å²) in [6, 6.07) is 4.01. The van der Waals surface area contributed by atoms with Crippen LogP contribution < -0.4 is 4.73 Å².